The van der Waals surface area contributed by atoms with Crippen LogP contribution in [0.4, 0.5) is 0 Å². The largest absolute Gasteiger partial charge is 0.390 e. The predicted octanol–water partition coefficient (Wildman–Crippen LogP) is -0.319. The normalized spacial score (nSPS) is 40.0. The van der Waals surface area contributed by atoms with E-state index in [0.29, 0.717) is 0 Å². The number of rotatable bonds is 2. The van der Waals surface area contributed by atoms with Crippen LogP contribution in [0.15, 0.2) is 35.2 Å². The summed E-state index contributed by atoms with van der Waals surface area (Å²) in [5.74, 6) is 0. The molecule has 2 fully saturated rings. The molecule has 0 radical (unpaired) electrons. The van der Waals surface area contributed by atoms with Gasteiger partial charge in [0.25, 0.3) is 0 Å². The number of benzene rings is 1. The van der Waals surface area contributed by atoms with Crippen molar-refractivity contribution in [3.63, 3.8) is 0 Å². The predicted molar refractivity (Wildman–Crippen MR) is 57.9 cm³/mol. The fourth-order valence-corrected chi connectivity index (χ4v) is 4.39. The van der Waals surface area contributed by atoms with E-state index < -0.39 is 33.1 Å². The lowest BCUT2D eigenvalue weighted by atomic mass is 10.2. The number of fused-ring (bicyclic) bond motifs is 1. The zero-order valence-electron chi connectivity index (χ0n) is 8.85. The van der Waals surface area contributed by atoms with Gasteiger partial charge < -0.3 is 14.9 Å². The van der Waals surface area contributed by atoms with Crippen LogP contribution in [0, 0.1) is 0 Å². The highest BCUT2D eigenvalue weighted by atomic mass is 32.2. The molecule has 92 valence electrons. The van der Waals surface area contributed by atoms with E-state index in [1.807, 2.05) is 0 Å². The zero-order valence-corrected chi connectivity index (χ0v) is 9.67. The van der Waals surface area contributed by atoms with Gasteiger partial charge in [0, 0.05) is 6.42 Å². The molecule has 1 aliphatic carbocycles. The van der Waals surface area contributed by atoms with Crippen molar-refractivity contribution in [1.82, 2.24) is 0 Å². The van der Waals surface area contributed by atoms with Gasteiger partial charge in [-0.05, 0) is 12.1 Å². The molecule has 1 aromatic carbocycles. The Bertz CT molecular complexity index is 540. The second-order valence-electron chi connectivity index (χ2n) is 4.43. The molecule has 1 heterocycles. The van der Waals surface area contributed by atoms with E-state index in [9.17, 15) is 18.6 Å². The third-order valence-corrected chi connectivity index (χ3v) is 5.71. The molecule has 0 unspecified atom stereocenters. The Balaban J connectivity index is 2.02. The van der Waals surface area contributed by atoms with Crippen molar-refractivity contribution in [2.45, 2.75) is 34.6 Å². The Kier molecular flexibility index (Phi) is 2.16. The topological polar surface area (TPSA) is 87.1 Å². The minimum Gasteiger partial charge on any atom is -0.390 e. The molecular formula is C11H12O5S. The van der Waals surface area contributed by atoms with Crippen LogP contribution < -0.4 is 0 Å². The molecule has 5 nitrogen and oxygen atoms in total. The molecule has 0 spiro atoms. The molecular weight excluding hydrogens is 244 g/mol. The second-order valence-corrected chi connectivity index (χ2v) is 6.60. The van der Waals surface area contributed by atoms with Gasteiger partial charge in [-0.15, -0.1) is 0 Å². The van der Waals surface area contributed by atoms with Gasteiger partial charge in [-0.2, -0.15) is 0 Å². The summed E-state index contributed by atoms with van der Waals surface area (Å²) in [5.41, 5.74) is 0. The zero-order chi connectivity index (χ0) is 12.3. The summed E-state index contributed by atoms with van der Waals surface area (Å²) in [6.07, 6.45) is -3.03. The van der Waals surface area contributed by atoms with Gasteiger partial charge in [0.15, 0.2) is 0 Å². The Morgan fingerprint density at radius 3 is 2.41 bits per heavy atom. The summed E-state index contributed by atoms with van der Waals surface area (Å²) in [7, 11) is -3.67. The minimum absolute atomic E-state index is 0.0734. The van der Waals surface area contributed by atoms with Gasteiger partial charge in [0.1, 0.15) is 12.2 Å². The molecule has 1 aromatic rings. The van der Waals surface area contributed by atoms with Gasteiger partial charge in [-0.3, -0.25) is 0 Å². The highest BCUT2D eigenvalue weighted by Crippen LogP contribution is 2.55. The molecule has 4 atom stereocenters. The number of hydrogen-bond acceptors (Lipinski definition) is 5. The number of aliphatic hydroxyl groups is 2. The maximum absolute atomic E-state index is 12.3. The van der Waals surface area contributed by atoms with Crippen molar-refractivity contribution >= 4 is 9.84 Å². The van der Waals surface area contributed by atoms with E-state index in [0.717, 1.165) is 0 Å². The number of ether oxygens (including phenoxy) is 1. The molecule has 3 rings (SSSR count). The highest BCUT2D eigenvalue weighted by molar-refractivity contribution is 7.93. The fraction of sp³-hybridized carbons (Fsp3) is 0.455. The van der Waals surface area contributed by atoms with Crippen LogP contribution in [-0.2, 0) is 14.6 Å². The molecule has 1 saturated heterocycles. The van der Waals surface area contributed by atoms with Gasteiger partial charge >= 0.3 is 0 Å². The molecule has 0 amide bonds. The van der Waals surface area contributed by atoms with Crippen LogP contribution in [0.3, 0.4) is 0 Å². The Morgan fingerprint density at radius 2 is 1.88 bits per heavy atom. The maximum atomic E-state index is 12.3. The van der Waals surface area contributed by atoms with E-state index in [-0.39, 0.29) is 11.3 Å². The van der Waals surface area contributed by atoms with Crippen molar-refractivity contribution in [3.8, 4) is 0 Å². The standard InChI is InChI=1S/C11H12O5S/c12-8-6-11(10(16-11)9(8)13)17(14,15)7-4-2-1-3-5-7/h1-5,8-10,12-13H,6H2/t8-,9-,10-,11-/m1/s1. The van der Waals surface area contributed by atoms with Crippen LogP contribution in [0.25, 0.3) is 0 Å². The average Bonchev–Trinajstić information content (AvgIpc) is 2.99. The smallest absolute Gasteiger partial charge is 0.210 e. The Morgan fingerprint density at radius 1 is 1.24 bits per heavy atom. The molecule has 6 heteroatoms. The molecule has 2 aliphatic rings. The summed E-state index contributed by atoms with van der Waals surface area (Å²) >= 11 is 0. The highest BCUT2D eigenvalue weighted by Gasteiger charge is 2.75. The summed E-state index contributed by atoms with van der Waals surface area (Å²) in [6, 6.07) is 7.95. The Labute approximate surface area is 98.6 Å². The van der Waals surface area contributed by atoms with Crippen molar-refractivity contribution in [1.29, 1.82) is 0 Å². The summed E-state index contributed by atoms with van der Waals surface area (Å²) in [6.45, 7) is 0. The maximum Gasteiger partial charge on any atom is 0.210 e. The van der Waals surface area contributed by atoms with Crippen LogP contribution >= 0.6 is 0 Å². The van der Waals surface area contributed by atoms with Crippen molar-refractivity contribution in [2.75, 3.05) is 0 Å². The third kappa shape index (κ3) is 1.32. The van der Waals surface area contributed by atoms with Crippen LogP contribution in [0.1, 0.15) is 6.42 Å². The van der Waals surface area contributed by atoms with Crippen molar-refractivity contribution in [2.24, 2.45) is 0 Å². The van der Waals surface area contributed by atoms with E-state index >= 15 is 0 Å². The van der Waals surface area contributed by atoms with Crippen molar-refractivity contribution < 1.29 is 23.4 Å². The first-order valence-electron chi connectivity index (χ1n) is 5.33. The summed E-state index contributed by atoms with van der Waals surface area (Å²) in [5, 5.41) is 19.0. The van der Waals surface area contributed by atoms with E-state index in [1.165, 1.54) is 12.1 Å². The Hall–Kier alpha value is -0.950. The summed E-state index contributed by atoms with van der Waals surface area (Å²) < 4.78 is 29.8. The van der Waals surface area contributed by atoms with Crippen LogP contribution in [-0.4, -0.2) is 41.9 Å². The lowest BCUT2D eigenvalue weighted by molar-refractivity contribution is -0.00279. The van der Waals surface area contributed by atoms with Gasteiger partial charge in [-0.1, -0.05) is 18.2 Å². The number of hydrogen-bond donors (Lipinski definition) is 2. The van der Waals surface area contributed by atoms with Gasteiger partial charge in [-0.25, -0.2) is 8.42 Å². The number of sulfone groups is 1. The lowest BCUT2D eigenvalue weighted by Gasteiger charge is -2.13. The third-order valence-electron chi connectivity index (χ3n) is 3.41. The number of aliphatic hydroxyl groups excluding tert-OH is 2. The average molecular weight is 256 g/mol. The van der Waals surface area contributed by atoms with Crippen LogP contribution in [0.2, 0.25) is 0 Å². The molecule has 1 saturated carbocycles. The molecule has 1 aliphatic heterocycles. The number of epoxide rings is 1. The minimum atomic E-state index is -3.67. The van der Waals surface area contributed by atoms with Gasteiger partial charge in [0.05, 0.1) is 11.0 Å². The first kappa shape index (κ1) is 11.2. The molecule has 2 N–H and O–H groups in total. The SMILES string of the molecule is O=S(=O)(c1ccccc1)[C@]12C[C@@H](O)[C@@H](O)[C@H]1O2. The van der Waals surface area contributed by atoms with Gasteiger partial charge in [0.2, 0.25) is 14.8 Å². The fourth-order valence-electron chi connectivity index (χ4n) is 2.41. The van der Waals surface area contributed by atoms with Crippen molar-refractivity contribution in [3.05, 3.63) is 30.3 Å². The monoisotopic (exact) mass is 256 g/mol. The molecule has 0 aromatic heterocycles. The lowest BCUT2D eigenvalue weighted by Crippen LogP contribution is -2.26. The molecule has 17 heavy (non-hydrogen) atoms. The first-order chi connectivity index (χ1) is 7.99. The molecule has 0 bridgehead atoms. The quantitative estimate of drug-likeness (QED) is 0.708. The summed E-state index contributed by atoms with van der Waals surface area (Å²) in [4.78, 5) is -1.27. The van der Waals surface area contributed by atoms with E-state index in [1.54, 1.807) is 18.2 Å². The second kappa shape index (κ2) is 3.29. The van der Waals surface area contributed by atoms with E-state index in [4.69, 9.17) is 4.74 Å². The van der Waals surface area contributed by atoms with Crippen LogP contribution in [0.5, 0.6) is 0 Å². The van der Waals surface area contributed by atoms with E-state index in [2.05, 4.69) is 0 Å². The first-order valence-corrected chi connectivity index (χ1v) is 6.81.